The molecule has 1 aromatic rings. The van der Waals surface area contributed by atoms with Crippen LogP contribution in [-0.4, -0.2) is 17.5 Å². The van der Waals surface area contributed by atoms with Crippen LogP contribution in [0.15, 0.2) is 30.3 Å². The van der Waals surface area contributed by atoms with Gasteiger partial charge in [-0.1, -0.05) is 30.3 Å². The lowest BCUT2D eigenvalue weighted by Gasteiger charge is -2.09. The summed E-state index contributed by atoms with van der Waals surface area (Å²) in [6.45, 7) is 0.348. The van der Waals surface area contributed by atoms with Crippen molar-refractivity contribution < 1.29 is 9.59 Å². The number of carbonyl (C=O) groups is 2. The van der Waals surface area contributed by atoms with Crippen LogP contribution in [0.3, 0.4) is 0 Å². The second-order valence-electron chi connectivity index (χ2n) is 2.66. The first kappa shape index (κ1) is 10.2. The van der Waals surface area contributed by atoms with Gasteiger partial charge in [-0.05, 0) is 5.56 Å². The predicted octanol–water partition coefficient (Wildman–Crippen LogP) is 0.228. The van der Waals surface area contributed by atoms with E-state index in [-0.39, 0.29) is 6.41 Å². The Balaban J connectivity index is 2.42. The van der Waals surface area contributed by atoms with Crippen molar-refractivity contribution in [1.29, 1.82) is 0 Å². The fraction of sp³-hybridized carbons (Fsp3) is 0.111. The van der Waals surface area contributed by atoms with Crippen molar-refractivity contribution in [1.82, 2.24) is 10.3 Å². The van der Waals surface area contributed by atoms with E-state index in [0.29, 0.717) is 11.6 Å². The molecule has 0 aliphatic rings. The minimum absolute atomic E-state index is 0.250. The maximum Gasteiger partial charge on any atom is 0.338 e. The van der Waals surface area contributed by atoms with Crippen molar-refractivity contribution in [3.8, 4) is 0 Å². The SMILES string of the molecule is NN(C=O)C(=O)NCc1ccccc1. The molecule has 5 nitrogen and oxygen atoms in total. The summed E-state index contributed by atoms with van der Waals surface area (Å²) in [7, 11) is 0. The topological polar surface area (TPSA) is 75.4 Å². The van der Waals surface area contributed by atoms with Gasteiger partial charge in [-0.3, -0.25) is 4.79 Å². The zero-order valence-electron chi connectivity index (χ0n) is 7.51. The Bertz CT molecular complexity index is 313. The zero-order valence-corrected chi connectivity index (χ0v) is 7.51. The number of benzene rings is 1. The summed E-state index contributed by atoms with van der Waals surface area (Å²) in [6.07, 6.45) is 0.250. The third-order valence-corrected chi connectivity index (χ3v) is 1.63. The molecule has 0 aliphatic carbocycles. The minimum atomic E-state index is -0.621. The summed E-state index contributed by atoms with van der Waals surface area (Å²) in [5.74, 6) is 5.03. The number of hydrogen-bond donors (Lipinski definition) is 2. The van der Waals surface area contributed by atoms with Crippen LogP contribution in [0.25, 0.3) is 0 Å². The molecule has 3 amide bonds. The van der Waals surface area contributed by atoms with Gasteiger partial charge in [0.15, 0.2) is 0 Å². The molecular formula is C9H11N3O2. The Morgan fingerprint density at radius 3 is 2.64 bits per heavy atom. The highest BCUT2D eigenvalue weighted by Gasteiger charge is 2.05. The van der Waals surface area contributed by atoms with Crippen molar-refractivity contribution in [3.63, 3.8) is 0 Å². The summed E-state index contributed by atoms with van der Waals surface area (Å²) < 4.78 is 0. The fourth-order valence-electron chi connectivity index (χ4n) is 0.913. The largest absolute Gasteiger partial charge is 0.338 e. The van der Waals surface area contributed by atoms with Crippen LogP contribution in [0.4, 0.5) is 4.79 Å². The van der Waals surface area contributed by atoms with Crippen LogP contribution in [0.5, 0.6) is 0 Å². The molecule has 0 saturated carbocycles. The van der Waals surface area contributed by atoms with Gasteiger partial charge < -0.3 is 5.32 Å². The van der Waals surface area contributed by atoms with Crippen molar-refractivity contribution >= 4 is 12.4 Å². The van der Waals surface area contributed by atoms with Crippen LogP contribution in [-0.2, 0) is 11.3 Å². The van der Waals surface area contributed by atoms with Crippen LogP contribution in [0.1, 0.15) is 5.56 Å². The lowest BCUT2D eigenvalue weighted by atomic mass is 10.2. The smallest absolute Gasteiger partial charge is 0.332 e. The molecular weight excluding hydrogens is 182 g/mol. The van der Waals surface area contributed by atoms with E-state index in [1.165, 1.54) is 0 Å². The number of nitrogens with one attached hydrogen (secondary N) is 1. The van der Waals surface area contributed by atoms with Crippen LogP contribution >= 0.6 is 0 Å². The number of hydrogen-bond acceptors (Lipinski definition) is 3. The molecule has 0 fully saturated rings. The fourth-order valence-corrected chi connectivity index (χ4v) is 0.913. The van der Waals surface area contributed by atoms with E-state index in [0.717, 1.165) is 5.56 Å². The molecule has 0 aliphatic heterocycles. The molecule has 74 valence electrons. The lowest BCUT2D eigenvalue weighted by Crippen LogP contribution is -2.43. The quantitative estimate of drug-likeness (QED) is 0.312. The molecule has 0 unspecified atom stereocenters. The highest BCUT2D eigenvalue weighted by atomic mass is 16.2. The predicted molar refractivity (Wildman–Crippen MR) is 50.8 cm³/mol. The normalized spacial score (nSPS) is 9.21. The first-order valence-corrected chi connectivity index (χ1v) is 4.05. The number of nitrogens with zero attached hydrogens (tertiary/aromatic N) is 1. The highest BCUT2D eigenvalue weighted by molar-refractivity contribution is 5.83. The van der Waals surface area contributed by atoms with Gasteiger partial charge in [0.05, 0.1) is 0 Å². The summed E-state index contributed by atoms with van der Waals surface area (Å²) in [4.78, 5) is 21.1. The maximum atomic E-state index is 11.0. The van der Waals surface area contributed by atoms with Crippen molar-refractivity contribution in [2.45, 2.75) is 6.54 Å². The van der Waals surface area contributed by atoms with Crippen molar-refractivity contribution in [2.24, 2.45) is 5.84 Å². The van der Waals surface area contributed by atoms with E-state index in [1.807, 2.05) is 30.3 Å². The molecule has 5 heteroatoms. The van der Waals surface area contributed by atoms with Gasteiger partial charge in [0, 0.05) is 6.54 Å². The lowest BCUT2D eigenvalue weighted by molar-refractivity contribution is -0.115. The molecule has 14 heavy (non-hydrogen) atoms. The first-order chi connectivity index (χ1) is 6.74. The van der Waals surface area contributed by atoms with Gasteiger partial charge in [-0.15, -0.1) is 0 Å². The summed E-state index contributed by atoms with van der Waals surface area (Å²) >= 11 is 0. The Hall–Kier alpha value is -1.88. The molecule has 0 bridgehead atoms. The van der Waals surface area contributed by atoms with Gasteiger partial charge >= 0.3 is 6.03 Å². The molecule has 0 heterocycles. The second kappa shape index (κ2) is 4.98. The zero-order chi connectivity index (χ0) is 10.4. The van der Waals surface area contributed by atoms with Gasteiger partial charge in [0.1, 0.15) is 0 Å². The Kier molecular flexibility index (Phi) is 3.63. The molecule has 1 aromatic carbocycles. The van der Waals surface area contributed by atoms with Gasteiger partial charge in [-0.2, -0.15) is 5.01 Å². The average Bonchev–Trinajstić information content (AvgIpc) is 2.26. The van der Waals surface area contributed by atoms with Crippen LogP contribution in [0, 0.1) is 0 Å². The summed E-state index contributed by atoms with van der Waals surface area (Å²) in [6, 6.07) is 8.71. The van der Waals surface area contributed by atoms with E-state index in [2.05, 4.69) is 5.32 Å². The number of carbonyl (C=O) groups excluding carboxylic acids is 2. The highest BCUT2D eigenvalue weighted by Crippen LogP contribution is 1.96. The summed E-state index contributed by atoms with van der Waals surface area (Å²) in [5, 5.41) is 2.94. The maximum absolute atomic E-state index is 11.0. The molecule has 0 atom stereocenters. The van der Waals surface area contributed by atoms with Crippen LogP contribution < -0.4 is 11.2 Å². The third kappa shape index (κ3) is 2.87. The van der Waals surface area contributed by atoms with E-state index in [9.17, 15) is 9.59 Å². The van der Waals surface area contributed by atoms with Crippen LogP contribution in [0.2, 0.25) is 0 Å². The Morgan fingerprint density at radius 1 is 1.43 bits per heavy atom. The number of hydrazine groups is 1. The van der Waals surface area contributed by atoms with Crippen molar-refractivity contribution in [3.05, 3.63) is 35.9 Å². The number of amides is 3. The molecule has 1 rings (SSSR count). The molecule has 0 radical (unpaired) electrons. The molecule has 0 spiro atoms. The number of nitrogens with two attached hydrogens (primary N) is 1. The molecule has 0 aromatic heterocycles. The standard InChI is InChI=1S/C9H11N3O2/c10-12(7-13)9(14)11-6-8-4-2-1-3-5-8/h1-5,7H,6,10H2,(H,11,14). The van der Waals surface area contributed by atoms with Gasteiger partial charge in [0.25, 0.3) is 0 Å². The van der Waals surface area contributed by atoms with E-state index in [4.69, 9.17) is 5.84 Å². The monoisotopic (exact) mass is 193 g/mol. The Morgan fingerprint density at radius 2 is 2.07 bits per heavy atom. The van der Waals surface area contributed by atoms with E-state index < -0.39 is 6.03 Å². The van der Waals surface area contributed by atoms with Crippen molar-refractivity contribution in [2.75, 3.05) is 0 Å². The number of rotatable bonds is 3. The Labute approximate surface area is 81.5 Å². The third-order valence-electron chi connectivity index (χ3n) is 1.63. The average molecular weight is 193 g/mol. The second-order valence-corrected chi connectivity index (χ2v) is 2.66. The van der Waals surface area contributed by atoms with Gasteiger partial charge in [-0.25, -0.2) is 10.6 Å². The van der Waals surface area contributed by atoms with E-state index in [1.54, 1.807) is 0 Å². The molecule has 0 saturated heterocycles. The first-order valence-electron chi connectivity index (χ1n) is 4.05. The minimum Gasteiger partial charge on any atom is -0.332 e. The number of imide groups is 1. The van der Waals surface area contributed by atoms with E-state index >= 15 is 0 Å². The van der Waals surface area contributed by atoms with Gasteiger partial charge in [0.2, 0.25) is 6.41 Å². The number of urea groups is 1. The summed E-state index contributed by atoms with van der Waals surface area (Å²) in [5.41, 5.74) is 0.945. The molecule has 3 N–H and O–H groups in total.